The average Bonchev–Trinajstić information content (AvgIpc) is 2.60. The number of nitrogens with one attached hydrogen (secondary N) is 1. The maximum atomic E-state index is 12.3. The molecule has 0 saturated carbocycles. The Morgan fingerprint density at radius 2 is 2.00 bits per heavy atom. The second-order valence-electron chi connectivity index (χ2n) is 6.41. The second kappa shape index (κ2) is 9.64. The lowest BCUT2D eigenvalue weighted by molar-refractivity contribution is -0.135. The Morgan fingerprint density at radius 3 is 2.71 bits per heavy atom. The average molecular weight is 334 g/mol. The summed E-state index contributed by atoms with van der Waals surface area (Å²) in [4.78, 5) is 14.3. The molecule has 0 aliphatic carbocycles. The van der Waals surface area contributed by atoms with Crippen LogP contribution in [0.3, 0.4) is 0 Å². The third-order valence-corrected chi connectivity index (χ3v) is 4.68. The van der Waals surface area contributed by atoms with Gasteiger partial charge in [0.15, 0.2) is 0 Å². The number of piperazine rings is 1. The zero-order chi connectivity index (χ0) is 17.4. The molecule has 1 saturated heterocycles. The van der Waals surface area contributed by atoms with Crippen LogP contribution in [0.15, 0.2) is 24.3 Å². The van der Waals surface area contributed by atoms with E-state index in [0.717, 1.165) is 38.3 Å². The van der Waals surface area contributed by atoms with Crippen LogP contribution in [0.1, 0.15) is 32.3 Å². The number of amides is 1. The van der Waals surface area contributed by atoms with E-state index in [1.807, 2.05) is 17.0 Å². The Labute approximate surface area is 145 Å². The Morgan fingerprint density at radius 1 is 1.25 bits per heavy atom. The summed E-state index contributed by atoms with van der Waals surface area (Å²) in [6.45, 7) is 7.21. The third-order valence-electron chi connectivity index (χ3n) is 4.68. The Bertz CT molecular complexity index is 504. The summed E-state index contributed by atoms with van der Waals surface area (Å²) in [6, 6.07) is 8.69. The maximum Gasteiger partial charge on any atom is 0.223 e. The summed E-state index contributed by atoms with van der Waals surface area (Å²) >= 11 is 0. The molecule has 5 nitrogen and oxygen atoms in total. The Hall–Kier alpha value is -1.59. The zero-order valence-corrected chi connectivity index (χ0v) is 15.1. The van der Waals surface area contributed by atoms with Crippen LogP contribution in [0.5, 0.6) is 5.75 Å². The van der Waals surface area contributed by atoms with Crippen LogP contribution in [-0.4, -0.2) is 56.3 Å². The van der Waals surface area contributed by atoms with Crippen molar-refractivity contribution in [3.63, 3.8) is 0 Å². The van der Waals surface area contributed by atoms with Gasteiger partial charge < -0.3 is 19.7 Å². The lowest BCUT2D eigenvalue weighted by Gasteiger charge is -2.38. The van der Waals surface area contributed by atoms with Gasteiger partial charge in [0.25, 0.3) is 0 Å². The normalized spacial score (nSPS) is 20.9. The molecule has 1 N–H and O–H groups in total. The van der Waals surface area contributed by atoms with Crippen molar-refractivity contribution in [2.24, 2.45) is 0 Å². The van der Waals surface area contributed by atoms with Crippen LogP contribution in [-0.2, 0) is 16.0 Å². The lowest BCUT2D eigenvalue weighted by atomic mass is 10.1. The predicted octanol–water partition coefficient (Wildman–Crippen LogP) is 2.24. The number of carbonyl (C=O) groups is 1. The second-order valence-corrected chi connectivity index (χ2v) is 6.41. The third kappa shape index (κ3) is 5.49. The summed E-state index contributed by atoms with van der Waals surface area (Å²) in [5, 5.41) is 3.40. The van der Waals surface area contributed by atoms with Gasteiger partial charge in [0, 0.05) is 38.7 Å². The van der Waals surface area contributed by atoms with Gasteiger partial charge in [0.05, 0.1) is 13.2 Å². The molecule has 1 aliphatic rings. The topological polar surface area (TPSA) is 50.8 Å². The standard InChI is InChI=1S/C19H30N2O3/c1-15-16(2)21(12-11-20-15)19(22)5-4-13-24-18-8-6-17(7-9-18)10-14-23-3/h6-9,15-16,20H,4-5,10-14H2,1-3H3. The highest BCUT2D eigenvalue weighted by molar-refractivity contribution is 5.76. The molecule has 134 valence electrons. The molecular formula is C19H30N2O3. The van der Waals surface area contributed by atoms with Crippen molar-refractivity contribution in [3.05, 3.63) is 29.8 Å². The maximum absolute atomic E-state index is 12.3. The van der Waals surface area contributed by atoms with Crippen molar-refractivity contribution in [2.75, 3.05) is 33.4 Å². The Balaban J connectivity index is 1.68. The molecule has 1 heterocycles. The van der Waals surface area contributed by atoms with Gasteiger partial charge in [-0.15, -0.1) is 0 Å². The van der Waals surface area contributed by atoms with Gasteiger partial charge in [-0.1, -0.05) is 12.1 Å². The monoisotopic (exact) mass is 334 g/mol. The van der Waals surface area contributed by atoms with Crippen LogP contribution in [0.25, 0.3) is 0 Å². The number of rotatable bonds is 8. The molecule has 1 aromatic rings. The molecule has 24 heavy (non-hydrogen) atoms. The van der Waals surface area contributed by atoms with Crippen LogP contribution in [0.2, 0.25) is 0 Å². The fourth-order valence-electron chi connectivity index (χ4n) is 2.94. The molecule has 2 unspecified atom stereocenters. The van der Waals surface area contributed by atoms with Gasteiger partial charge in [0.1, 0.15) is 5.75 Å². The highest BCUT2D eigenvalue weighted by Crippen LogP contribution is 2.14. The first-order valence-electron chi connectivity index (χ1n) is 8.85. The minimum atomic E-state index is 0.231. The van der Waals surface area contributed by atoms with Crippen molar-refractivity contribution in [1.82, 2.24) is 10.2 Å². The first kappa shape index (κ1) is 18.7. The zero-order valence-electron chi connectivity index (χ0n) is 15.1. The number of methoxy groups -OCH3 is 1. The van der Waals surface area contributed by atoms with Gasteiger partial charge in [-0.05, 0) is 44.4 Å². The molecule has 5 heteroatoms. The molecule has 0 bridgehead atoms. The Kier molecular flexibility index (Phi) is 7.53. The van der Waals surface area contributed by atoms with Crippen LogP contribution in [0.4, 0.5) is 0 Å². The van der Waals surface area contributed by atoms with Gasteiger partial charge in [-0.3, -0.25) is 4.79 Å². The van der Waals surface area contributed by atoms with Gasteiger partial charge in [-0.25, -0.2) is 0 Å². The predicted molar refractivity (Wildman–Crippen MR) is 95.4 cm³/mol. The van der Waals surface area contributed by atoms with Gasteiger partial charge >= 0.3 is 0 Å². The van der Waals surface area contributed by atoms with E-state index in [0.29, 0.717) is 19.1 Å². The summed E-state index contributed by atoms with van der Waals surface area (Å²) in [5.74, 6) is 1.09. The number of ether oxygens (including phenoxy) is 2. The quantitative estimate of drug-likeness (QED) is 0.741. The number of hydrogen-bond donors (Lipinski definition) is 1. The van der Waals surface area contributed by atoms with E-state index in [2.05, 4.69) is 31.3 Å². The molecule has 2 atom stereocenters. The highest BCUT2D eigenvalue weighted by Gasteiger charge is 2.27. The SMILES string of the molecule is COCCc1ccc(OCCCC(=O)N2CCNC(C)C2C)cc1. The smallest absolute Gasteiger partial charge is 0.223 e. The van der Waals surface area contributed by atoms with Crippen LogP contribution < -0.4 is 10.1 Å². The van der Waals surface area contributed by atoms with Crippen molar-refractivity contribution in [3.8, 4) is 5.75 Å². The van der Waals surface area contributed by atoms with E-state index in [-0.39, 0.29) is 11.9 Å². The molecule has 1 aliphatic heterocycles. The largest absolute Gasteiger partial charge is 0.494 e. The van der Waals surface area contributed by atoms with E-state index in [1.54, 1.807) is 7.11 Å². The summed E-state index contributed by atoms with van der Waals surface area (Å²) in [6.07, 6.45) is 2.20. The van der Waals surface area contributed by atoms with E-state index in [9.17, 15) is 4.79 Å². The highest BCUT2D eigenvalue weighted by atomic mass is 16.5. The lowest BCUT2D eigenvalue weighted by Crippen LogP contribution is -2.57. The van der Waals surface area contributed by atoms with Crippen molar-refractivity contribution < 1.29 is 14.3 Å². The molecule has 1 amide bonds. The molecule has 0 radical (unpaired) electrons. The summed E-state index contributed by atoms with van der Waals surface area (Å²) in [7, 11) is 1.71. The van der Waals surface area contributed by atoms with E-state index >= 15 is 0 Å². The fourth-order valence-corrected chi connectivity index (χ4v) is 2.94. The van der Waals surface area contributed by atoms with E-state index in [1.165, 1.54) is 5.56 Å². The van der Waals surface area contributed by atoms with Crippen molar-refractivity contribution in [1.29, 1.82) is 0 Å². The van der Waals surface area contributed by atoms with Crippen molar-refractivity contribution >= 4 is 5.91 Å². The molecule has 2 rings (SSSR count). The number of hydrogen-bond acceptors (Lipinski definition) is 4. The molecule has 1 aromatic carbocycles. The summed E-state index contributed by atoms with van der Waals surface area (Å²) in [5.41, 5.74) is 1.24. The number of carbonyl (C=O) groups excluding carboxylic acids is 1. The van der Waals surface area contributed by atoms with Crippen molar-refractivity contribution in [2.45, 2.75) is 45.2 Å². The molecule has 1 fully saturated rings. The van der Waals surface area contributed by atoms with E-state index in [4.69, 9.17) is 9.47 Å². The number of nitrogens with zero attached hydrogens (tertiary/aromatic N) is 1. The minimum absolute atomic E-state index is 0.231. The first-order chi connectivity index (χ1) is 11.6. The molecular weight excluding hydrogens is 304 g/mol. The van der Waals surface area contributed by atoms with Crippen LogP contribution in [0, 0.1) is 0 Å². The molecule has 0 aromatic heterocycles. The minimum Gasteiger partial charge on any atom is -0.494 e. The van der Waals surface area contributed by atoms with Gasteiger partial charge in [0.2, 0.25) is 5.91 Å². The van der Waals surface area contributed by atoms with E-state index < -0.39 is 0 Å². The van der Waals surface area contributed by atoms with Crippen LogP contribution >= 0.6 is 0 Å². The first-order valence-corrected chi connectivity index (χ1v) is 8.85. The van der Waals surface area contributed by atoms with Gasteiger partial charge in [-0.2, -0.15) is 0 Å². The molecule has 0 spiro atoms. The number of benzene rings is 1. The fraction of sp³-hybridized carbons (Fsp3) is 0.632. The summed E-state index contributed by atoms with van der Waals surface area (Å²) < 4.78 is 10.8.